The number of sulfonamides is 1. The number of nitrogens with one attached hydrogen (secondary N) is 1. The van der Waals surface area contributed by atoms with E-state index in [-0.39, 0.29) is 17.8 Å². The molecule has 2 rings (SSSR count). The first kappa shape index (κ1) is 16.4. The summed E-state index contributed by atoms with van der Waals surface area (Å²) in [6.07, 6.45) is 5.17. The van der Waals surface area contributed by atoms with Gasteiger partial charge in [-0.3, -0.25) is 4.98 Å². The van der Waals surface area contributed by atoms with Crippen molar-refractivity contribution in [2.45, 2.75) is 44.7 Å². The van der Waals surface area contributed by atoms with Crippen LogP contribution in [0.3, 0.4) is 0 Å². The number of aromatic nitrogens is 1. The Labute approximate surface area is 127 Å². The van der Waals surface area contributed by atoms with Gasteiger partial charge in [0.05, 0.1) is 5.75 Å². The van der Waals surface area contributed by atoms with Gasteiger partial charge in [0.15, 0.2) is 0 Å². The monoisotopic (exact) mass is 311 g/mol. The minimum absolute atomic E-state index is 0.0671. The third-order valence-electron chi connectivity index (χ3n) is 4.23. The molecule has 1 aromatic rings. The quantitative estimate of drug-likeness (QED) is 0.863. The number of piperidine rings is 1. The fraction of sp³-hybridized carbons (Fsp3) is 0.667. The van der Waals surface area contributed by atoms with Gasteiger partial charge in [0.1, 0.15) is 0 Å². The van der Waals surface area contributed by atoms with E-state index in [0.717, 1.165) is 25.0 Å². The fourth-order valence-corrected chi connectivity index (χ4v) is 4.67. The largest absolute Gasteiger partial charge is 0.316 e. The second-order valence-electron chi connectivity index (χ2n) is 5.64. The summed E-state index contributed by atoms with van der Waals surface area (Å²) in [5.74, 6) is 0.136. The summed E-state index contributed by atoms with van der Waals surface area (Å²) in [5.41, 5.74) is 0.830. The number of hydrogen-bond donors (Lipinski definition) is 1. The Balaban J connectivity index is 2.06. The highest BCUT2D eigenvalue weighted by Crippen LogP contribution is 2.23. The smallest absolute Gasteiger partial charge is 0.214 e. The lowest BCUT2D eigenvalue weighted by molar-refractivity contribution is 0.213. The standard InChI is InChI=1S/C15H25N3O2S/c1-13(16-2)15-8-4-6-11-18(15)21(19,20)12-9-14-7-3-5-10-17-14/h3,5,7,10,13,15-16H,4,6,8-9,11-12H2,1-2H3. The average Bonchev–Trinajstić information content (AvgIpc) is 2.53. The molecule has 0 radical (unpaired) electrons. The van der Waals surface area contributed by atoms with Gasteiger partial charge < -0.3 is 5.32 Å². The van der Waals surface area contributed by atoms with E-state index >= 15 is 0 Å². The van der Waals surface area contributed by atoms with Crippen molar-refractivity contribution in [3.8, 4) is 0 Å². The number of pyridine rings is 1. The molecule has 1 aliphatic rings. The first-order valence-corrected chi connectivity index (χ1v) is 9.22. The van der Waals surface area contributed by atoms with Gasteiger partial charge >= 0.3 is 0 Å². The van der Waals surface area contributed by atoms with Gasteiger partial charge in [-0.05, 0) is 38.9 Å². The van der Waals surface area contributed by atoms with Crippen LogP contribution in [0.1, 0.15) is 31.9 Å². The van der Waals surface area contributed by atoms with Crippen molar-refractivity contribution >= 4 is 10.0 Å². The molecule has 0 aromatic carbocycles. The lowest BCUT2D eigenvalue weighted by Crippen LogP contribution is -2.53. The summed E-state index contributed by atoms with van der Waals surface area (Å²) in [5, 5.41) is 3.19. The summed E-state index contributed by atoms with van der Waals surface area (Å²) in [6, 6.07) is 5.85. The molecule has 1 aliphatic heterocycles. The molecule has 1 aromatic heterocycles. The maximum atomic E-state index is 12.7. The Morgan fingerprint density at radius 3 is 2.90 bits per heavy atom. The lowest BCUT2D eigenvalue weighted by atomic mass is 9.99. The van der Waals surface area contributed by atoms with Gasteiger partial charge in [-0.15, -0.1) is 0 Å². The predicted octanol–water partition coefficient (Wildman–Crippen LogP) is 1.42. The second kappa shape index (κ2) is 7.33. The molecule has 118 valence electrons. The fourth-order valence-electron chi connectivity index (χ4n) is 2.86. The molecule has 1 fully saturated rings. The van der Waals surface area contributed by atoms with Crippen LogP contribution in [0, 0.1) is 0 Å². The van der Waals surface area contributed by atoms with E-state index in [1.165, 1.54) is 0 Å². The van der Waals surface area contributed by atoms with Gasteiger partial charge in [-0.1, -0.05) is 12.5 Å². The third kappa shape index (κ3) is 4.25. The van der Waals surface area contributed by atoms with E-state index in [9.17, 15) is 8.42 Å². The van der Waals surface area contributed by atoms with E-state index in [1.54, 1.807) is 10.5 Å². The van der Waals surface area contributed by atoms with E-state index in [4.69, 9.17) is 0 Å². The normalized spacial score (nSPS) is 22.1. The molecule has 0 spiro atoms. The average molecular weight is 311 g/mol. The van der Waals surface area contributed by atoms with Crippen molar-refractivity contribution in [1.29, 1.82) is 0 Å². The Morgan fingerprint density at radius 2 is 2.24 bits per heavy atom. The molecule has 0 amide bonds. The predicted molar refractivity (Wildman–Crippen MR) is 84.6 cm³/mol. The first-order valence-electron chi connectivity index (χ1n) is 7.61. The van der Waals surface area contributed by atoms with Gasteiger partial charge in [-0.2, -0.15) is 4.31 Å². The molecular formula is C15H25N3O2S. The highest BCUT2D eigenvalue weighted by Gasteiger charge is 2.34. The molecule has 1 N–H and O–H groups in total. The van der Waals surface area contributed by atoms with Crippen LogP contribution in [-0.2, 0) is 16.4 Å². The Kier molecular flexibility index (Phi) is 5.72. The summed E-state index contributed by atoms with van der Waals surface area (Å²) in [7, 11) is -1.35. The minimum Gasteiger partial charge on any atom is -0.316 e. The zero-order valence-electron chi connectivity index (χ0n) is 12.8. The highest BCUT2D eigenvalue weighted by molar-refractivity contribution is 7.89. The molecule has 0 aliphatic carbocycles. The topological polar surface area (TPSA) is 62.3 Å². The molecule has 2 atom stereocenters. The number of nitrogens with zero attached hydrogens (tertiary/aromatic N) is 2. The third-order valence-corrected chi connectivity index (χ3v) is 6.12. The highest BCUT2D eigenvalue weighted by atomic mass is 32.2. The molecule has 2 unspecified atom stereocenters. The molecule has 2 heterocycles. The van der Waals surface area contributed by atoms with Crippen LogP contribution in [0.2, 0.25) is 0 Å². The van der Waals surface area contributed by atoms with Crippen molar-refractivity contribution in [2.24, 2.45) is 0 Å². The summed E-state index contributed by atoms with van der Waals surface area (Å²) >= 11 is 0. The van der Waals surface area contributed by atoms with Crippen LogP contribution in [0.15, 0.2) is 24.4 Å². The Hall–Kier alpha value is -0.980. The van der Waals surface area contributed by atoms with Crippen LogP contribution in [0.25, 0.3) is 0 Å². The number of hydrogen-bond acceptors (Lipinski definition) is 4. The van der Waals surface area contributed by atoms with E-state index in [0.29, 0.717) is 13.0 Å². The van der Waals surface area contributed by atoms with Gasteiger partial charge in [-0.25, -0.2) is 8.42 Å². The van der Waals surface area contributed by atoms with Crippen LogP contribution in [-0.4, -0.2) is 49.1 Å². The second-order valence-corrected chi connectivity index (χ2v) is 7.68. The molecule has 0 saturated carbocycles. The van der Waals surface area contributed by atoms with Crippen molar-refractivity contribution < 1.29 is 8.42 Å². The molecule has 21 heavy (non-hydrogen) atoms. The Morgan fingerprint density at radius 1 is 1.43 bits per heavy atom. The summed E-state index contributed by atoms with van der Waals surface area (Å²) in [6.45, 7) is 2.69. The van der Waals surface area contributed by atoms with E-state index < -0.39 is 10.0 Å². The van der Waals surface area contributed by atoms with Crippen LogP contribution in [0.4, 0.5) is 0 Å². The summed E-state index contributed by atoms with van der Waals surface area (Å²) in [4.78, 5) is 4.20. The van der Waals surface area contributed by atoms with E-state index in [2.05, 4.69) is 17.2 Å². The first-order chi connectivity index (χ1) is 10.0. The van der Waals surface area contributed by atoms with Gasteiger partial charge in [0.2, 0.25) is 10.0 Å². The Bertz CT molecular complexity index is 533. The van der Waals surface area contributed by atoms with Crippen molar-refractivity contribution in [1.82, 2.24) is 14.6 Å². The molecule has 6 heteroatoms. The zero-order chi connectivity index (χ0) is 15.3. The van der Waals surface area contributed by atoms with Crippen molar-refractivity contribution in [2.75, 3.05) is 19.3 Å². The lowest BCUT2D eigenvalue weighted by Gasteiger charge is -2.38. The zero-order valence-corrected chi connectivity index (χ0v) is 13.6. The maximum Gasteiger partial charge on any atom is 0.214 e. The van der Waals surface area contributed by atoms with Crippen LogP contribution in [0.5, 0.6) is 0 Å². The molecule has 0 bridgehead atoms. The van der Waals surface area contributed by atoms with Crippen LogP contribution >= 0.6 is 0 Å². The number of likely N-dealkylation sites (N-methyl/N-ethyl adjacent to an activating group) is 1. The van der Waals surface area contributed by atoms with E-state index in [1.807, 2.05) is 25.2 Å². The van der Waals surface area contributed by atoms with Crippen LogP contribution < -0.4 is 5.32 Å². The minimum atomic E-state index is -3.23. The van der Waals surface area contributed by atoms with Crippen molar-refractivity contribution in [3.05, 3.63) is 30.1 Å². The maximum absolute atomic E-state index is 12.7. The summed E-state index contributed by atoms with van der Waals surface area (Å²) < 4.78 is 27.0. The van der Waals surface area contributed by atoms with Crippen molar-refractivity contribution in [3.63, 3.8) is 0 Å². The molecule has 5 nitrogen and oxygen atoms in total. The number of rotatable bonds is 6. The van der Waals surface area contributed by atoms with Gasteiger partial charge in [0, 0.05) is 36.9 Å². The molecular weight excluding hydrogens is 286 g/mol. The molecule has 1 saturated heterocycles. The van der Waals surface area contributed by atoms with Gasteiger partial charge in [0.25, 0.3) is 0 Å². The SMILES string of the molecule is CNC(C)C1CCCCN1S(=O)(=O)CCc1ccccn1. The number of aryl methyl sites for hydroxylation is 1.